The number of ether oxygens (including phenoxy) is 1. The van der Waals surface area contributed by atoms with E-state index in [0.717, 1.165) is 18.8 Å². The molecule has 0 amide bonds. The first-order valence-electron chi connectivity index (χ1n) is 5.89. The van der Waals surface area contributed by atoms with Crippen molar-refractivity contribution in [3.05, 3.63) is 28.8 Å². The van der Waals surface area contributed by atoms with Crippen LogP contribution in [0.5, 0.6) is 5.75 Å². The zero-order valence-corrected chi connectivity index (χ0v) is 11.1. The molecule has 0 atom stereocenters. The summed E-state index contributed by atoms with van der Waals surface area (Å²) < 4.78 is 5.40. The molecule has 90 valence electrons. The van der Waals surface area contributed by atoms with E-state index >= 15 is 0 Å². The second-order valence-electron chi connectivity index (χ2n) is 4.77. The summed E-state index contributed by atoms with van der Waals surface area (Å²) in [6, 6.07) is 4.32. The van der Waals surface area contributed by atoms with Gasteiger partial charge in [0, 0.05) is 12.1 Å². The lowest BCUT2D eigenvalue weighted by molar-refractivity contribution is 0.406. The molecule has 0 unspecified atom stereocenters. The molecule has 0 saturated carbocycles. The highest BCUT2D eigenvalue weighted by atomic mass is 16.5. The molecule has 2 heteroatoms. The van der Waals surface area contributed by atoms with Crippen molar-refractivity contribution in [3.63, 3.8) is 0 Å². The van der Waals surface area contributed by atoms with Crippen molar-refractivity contribution in [2.45, 2.75) is 34.2 Å². The fourth-order valence-electron chi connectivity index (χ4n) is 1.67. The predicted octanol–water partition coefficient (Wildman–Crippen LogP) is 3.06. The van der Waals surface area contributed by atoms with Gasteiger partial charge in [0.15, 0.2) is 0 Å². The van der Waals surface area contributed by atoms with E-state index in [1.54, 1.807) is 7.11 Å². The highest BCUT2D eigenvalue weighted by Crippen LogP contribution is 2.22. The molecule has 0 radical (unpaired) electrons. The topological polar surface area (TPSA) is 21.3 Å². The second kappa shape index (κ2) is 5.90. The Labute approximate surface area is 99.0 Å². The first-order valence-corrected chi connectivity index (χ1v) is 5.89. The van der Waals surface area contributed by atoms with E-state index in [1.165, 1.54) is 16.7 Å². The van der Waals surface area contributed by atoms with Crippen molar-refractivity contribution in [3.8, 4) is 5.75 Å². The van der Waals surface area contributed by atoms with Crippen LogP contribution in [0.2, 0.25) is 0 Å². The number of hydrogen-bond donors (Lipinski definition) is 1. The fourth-order valence-corrected chi connectivity index (χ4v) is 1.67. The van der Waals surface area contributed by atoms with Crippen LogP contribution in [0.25, 0.3) is 0 Å². The minimum Gasteiger partial charge on any atom is -0.496 e. The average Bonchev–Trinajstić information content (AvgIpc) is 2.22. The lowest BCUT2D eigenvalue weighted by Crippen LogP contribution is -2.19. The molecule has 1 rings (SSSR count). The number of aryl methyl sites for hydroxylation is 2. The van der Waals surface area contributed by atoms with Gasteiger partial charge in [-0.3, -0.25) is 0 Å². The van der Waals surface area contributed by atoms with Crippen molar-refractivity contribution in [1.82, 2.24) is 5.32 Å². The van der Waals surface area contributed by atoms with Gasteiger partial charge in [-0.15, -0.1) is 0 Å². The van der Waals surface area contributed by atoms with Crippen LogP contribution < -0.4 is 10.1 Å². The van der Waals surface area contributed by atoms with Gasteiger partial charge in [-0.25, -0.2) is 0 Å². The van der Waals surface area contributed by atoms with Gasteiger partial charge >= 0.3 is 0 Å². The van der Waals surface area contributed by atoms with Crippen molar-refractivity contribution < 1.29 is 4.74 Å². The highest BCUT2D eigenvalue weighted by molar-refractivity contribution is 5.41. The van der Waals surface area contributed by atoms with Gasteiger partial charge < -0.3 is 10.1 Å². The third kappa shape index (κ3) is 3.53. The molecule has 0 aliphatic carbocycles. The Balaban J connectivity index is 2.74. The molecule has 0 fully saturated rings. The number of hydrogen-bond acceptors (Lipinski definition) is 2. The Kier molecular flexibility index (Phi) is 4.81. The number of methoxy groups -OCH3 is 1. The molecule has 0 spiro atoms. The number of nitrogens with one attached hydrogen (secondary N) is 1. The van der Waals surface area contributed by atoms with Crippen LogP contribution in [-0.2, 0) is 6.54 Å². The van der Waals surface area contributed by atoms with Crippen LogP contribution in [0.1, 0.15) is 30.5 Å². The Morgan fingerprint density at radius 3 is 2.38 bits per heavy atom. The molecule has 2 nitrogen and oxygen atoms in total. The largest absolute Gasteiger partial charge is 0.496 e. The van der Waals surface area contributed by atoms with Crippen molar-refractivity contribution in [2.75, 3.05) is 13.7 Å². The van der Waals surface area contributed by atoms with Crippen LogP contribution in [0.3, 0.4) is 0 Å². The van der Waals surface area contributed by atoms with Crippen LogP contribution >= 0.6 is 0 Å². The lowest BCUT2D eigenvalue weighted by Gasteiger charge is -2.13. The van der Waals surface area contributed by atoms with Gasteiger partial charge in [0.2, 0.25) is 0 Å². The van der Waals surface area contributed by atoms with E-state index in [1.807, 2.05) is 0 Å². The summed E-state index contributed by atoms with van der Waals surface area (Å²) in [4.78, 5) is 0. The monoisotopic (exact) mass is 221 g/mol. The molecule has 0 aromatic heterocycles. The molecule has 1 aromatic carbocycles. The molecular weight excluding hydrogens is 198 g/mol. The number of benzene rings is 1. The fraction of sp³-hybridized carbons (Fsp3) is 0.571. The Hall–Kier alpha value is -1.02. The van der Waals surface area contributed by atoms with Gasteiger partial charge in [-0.1, -0.05) is 19.9 Å². The summed E-state index contributed by atoms with van der Waals surface area (Å²) >= 11 is 0. The average molecular weight is 221 g/mol. The SMILES string of the molecule is COc1cc(C)c(C)cc1CNCC(C)C. The maximum Gasteiger partial charge on any atom is 0.123 e. The summed E-state index contributed by atoms with van der Waals surface area (Å²) in [6.07, 6.45) is 0. The summed E-state index contributed by atoms with van der Waals surface area (Å²) in [7, 11) is 1.73. The molecule has 0 aliphatic heterocycles. The van der Waals surface area contributed by atoms with E-state index in [4.69, 9.17) is 4.74 Å². The smallest absolute Gasteiger partial charge is 0.123 e. The number of rotatable bonds is 5. The standard InChI is InChI=1S/C14H23NO/c1-10(2)8-15-9-13-6-11(3)12(4)7-14(13)16-5/h6-7,10,15H,8-9H2,1-5H3. The highest BCUT2D eigenvalue weighted by Gasteiger charge is 2.05. The van der Waals surface area contributed by atoms with Crippen molar-refractivity contribution in [1.29, 1.82) is 0 Å². The summed E-state index contributed by atoms with van der Waals surface area (Å²) in [5, 5.41) is 3.44. The maximum absolute atomic E-state index is 5.40. The van der Waals surface area contributed by atoms with Gasteiger partial charge in [-0.05, 0) is 43.5 Å². The van der Waals surface area contributed by atoms with Crippen LogP contribution in [0, 0.1) is 19.8 Å². The normalized spacial score (nSPS) is 10.9. The van der Waals surface area contributed by atoms with E-state index < -0.39 is 0 Å². The van der Waals surface area contributed by atoms with Gasteiger partial charge in [0.05, 0.1) is 7.11 Å². The Morgan fingerprint density at radius 1 is 1.19 bits per heavy atom. The zero-order chi connectivity index (χ0) is 12.1. The van der Waals surface area contributed by atoms with E-state index in [0.29, 0.717) is 5.92 Å². The Morgan fingerprint density at radius 2 is 1.81 bits per heavy atom. The first-order chi connectivity index (χ1) is 7.54. The zero-order valence-electron chi connectivity index (χ0n) is 11.1. The van der Waals surface area contributed by atoms with Crippen LogP contribution in [-0.4, -0.2) is 13.7 Å². The molecule has 1 N–H and O–H groups in total. The van der Waals surface area contributed by atoms with Crippen LogP contribution in [0.15, 0.2) is 12.1 Å². The minimum atomic E-state index is 0.678. The quantitative estimate of drug-likeness (QED) is 0.825. The van der Waals surface area contributed by atoms with Crippen molar-refractivity contribution in [2.24, 2.45) is 5.92 Å². The molecule has 0 heterocycles. The first kappa shape index (κ1) is 13.0. The molecule has 0 saturated heterocycles. The van der Waals surface area contributed by atoms with Gasteiger partial charge in [-0.2, -0.15) is 0 Å². The Bertz CT molecular complexity index is 345. The van der Waals surface area contributed by atoms with E-state index in [-0.39, 0.29) is 0 Å². The van der Waals surface area contributed by atoms with E-state index in [9.17, 15) is 0 Å². The van der Waals surface area contributed by atoms with Gasteiger partial charge in [0.25, 0.3) is 0 Å². The lowest BCUT2D eigenvalue weighted by atomic mass is 10.0. The molecule has 0 aliphatic rings. The van der Waals surface area contributed by atoms with Crippen LogP contribution in [0.4, 0.5) is 0 Å². The predicted molar refractivity (Wildman–Crippen MR) is 69.0 cm³/mol. The summed E-state index contributed by atoms with van der Waals surface area (Å²) in [5.74, 6) is 1.66. The maximum atomic E-state index is 5.40. The minimum absolute atomic E-state index is 0.678. The summed E-state index contributed by atoms with van der Waals surface area (Å²) in [5.41, 5.74) is 3.85. The third-order valence-electron chi connectivity index (χ3n) is 2.76. The molecule has 16 heavy (non-hydrogen) atoms. The second-order valence-corrected chi connectivity index (χ2v) is 4.77. The van der Waals surface area contributed by atoms with E-state index in [2.05, 4.69) is 45.1 Å². The molecule has 0 bridgehead atoms. The molecule has 1 aromatic rings. The van der Waals surface area contributed by atoms with Crippen molar-refractivity contribution >= 4 is 0 Å². The summed E-state index contributed by atoms with van der Waals surface area (Å²) in [6.45, 7) is 10.6. The van der Waals surface area contributed by atoms with Gasteiger partial charge in [0.1, 0.15) is 5.75 Å². The molecular formula is C14H23NO. The third-order valence-corrected chi connectivity index (χ3v) is 2.76.